The van der Waals surface area contributed by atoms with Gasteiger partial charge in [-0.3, -0.25) is 4.79 Å². The third-order valence-electron chi connectivity index (χ3n) is 1.97. The molecule has 0 saturated carbocycles. The van der Waals surface area contributed by atoms with Crippen LogP contribution in [-0.4, -0.2) is 36.1 Å². The number of carbonyl (C=O) groups excluding carboxylic acids is 1. The second kappa shape index (κ2) is 5.15. The molecule has 0 spiro atoms. The number of amides is 1. The maximum Gasteiger partial charge on any atom is 0.236 e. The highest BCUT2D eigenvalue weighted by Gasteiger charge is 2.11. The van der Waals surface area contributed by atoms with Crippen molar-refractivity contribution in [1.29, 1.82) is 0 Å². The number of anilines is 2. The first-order valence-electron chi connectivity index (χ1n) is 4.78. The summed E-state index contributed by atoms with van der Waals surface area (Å²) in [5.41, 5.74) is 10.6. The quantitative estimate of drug-likeness (QED) is 0.691. The van der Waals surface area contributed by atoms with Gasteiger partial charge in [-0.2, -0.15) is 9.97 Å². The van der Waals surface area contributed by atoms with Crippen molar-refractivity contribution in [2.45, 2.75) is 6.92 Å². The summed E-state index contributed by atoms with van der Waals surface area (Å²) in [5.74, 6) is 0.534. The van der Waals surface area contributed by atoms with Gasteiger partial charge >= 0.3 is 0 Å². The lowest BCUT2D eigenvalue weighted by Gasteiger charge is -2.20. The van der Waals surface area contributed by atoms with Gasteiger partial charge in [0.15, 0.2) is 0 Å². The van der Waals surface area contributed by atoms with Crippen LogP contribution in [-0.2, 0) is 4.79 Å². The SMILES string of the molecule is CCN(CC(N)=O)c1cc(OC)nc(N)n1. The summed E-state index contributed by atoms with van der Waals surface area (Å²) in [6.07, 6.45) is 0. The number of likely N-dealkylation sites (N-methyl/N-ethyl adjacent to an activating group) is 1. The zero-order valence-electron chi connectivity index (χ0n) is 9.30. The summed E-state index contributed by atoms with van der Waals surface area (Å²) < 4.78 is 4.96. The van der Waals surface area contributed by atoms with Crippen molar-refractivity contribution in [3.63, 3.8) is 0 Å². The Morgan fingerprint density at radius 3 is 2.75 bits per heavy atom. The maximum absolute atomic E-state index is 10.9. The minimum Gasteiger partial charge on any atom is -0.481 e. The Bertz CT molecular complexity index is 382. The summed E-state index contributed by atoms with van der Waals surface area (Å²) in [7, 11) is 1.48. The number of rotatable bonds is 5. The molecule has 88 valence electrons. The highest BCUT2D eigenvalue weighted by atomic mass is 16.5. The van der Waals surface area contributed by atoms with Crippen LogP contribution in [0.3, 0.4) is 0 Å². The highest BCUT2D eigenvalue weighted by Crippen LogP contribution is 2.17. The molecular weight excluding hydrogens is 210 g/mol. The van der Waals surface area contributed by atoms with E-state index in [1.54, 1.807) is 11.0 Å². The summed E-state index contributed by atoms with van der Waals surface area (Å²) in [6, 6.07) is 1.60. The fourth-order valence-electron chi connectivity index (χ4n) is 1.24. The molecule has 16 heavy (non-hydrogen) atoms. The highest BCUT2D eigenvalue weighted by molar-refractivity contribution is 5.79. The topological polar surface area (TPSA) is 107 Å². The predicted molar refractivity (Wildman–Crippen MR) is 60.1 cm³/mol. The molecule has 0 aliphatic carbocycles. The van der Waals surface area contributed by atoms with E-state index in [0.717, 1.165) is 0 Å². The van der Waals surface area contributed by atoms with Gasteiger partial charge in [0, 0.05) is 12.6 Å². The molecule has 1 rings (SSSR count). The average Bonchev–Trinajstić information content (AvgIpc) is 2.24. The van der Waals surface area contributed by atoms with Gasteiger partial charge in [0.1, 0.15) is 5.82 Å². The van der Waals surface area contributed by atoms with Gasteiger partial charge in [-0.15, -0.1) is 0 Å². The number of nitrogens with zero attached hydrogens (tertiary/aromatic N) is 3. The van der Waals surface area contributed by atoms with Crippen molar-refractivity contribution in [1.82, 2.24) is 9.97 Å². The van der Waals surface area contributed by atoms with Gasteiger partial charge in [0.25, 0.3) is 0 Å². The zero-order chi connectivity index (χ0) is 12.1. The third-order valence-corrected chi connectivity index (χ3v) is 1.97. The molecule has 7 nitrogen and oxygen atoms in total. The van der Waals surface area contributed by atoms with Crippen LogP contribution >= 0.6 is 0 Å². The Morgan fingerprint density at radius 1 is 1.56 bits per heavy atom. The standard InChI is InChI=1S/C9H15N5O2/c1-3-14(5-6(10)15)7-4-8(16-2)13-9(11)12-7/h4H,3,5H2,1-2H3,(H2,10,15)(H2,11,12,13). The fourth-order valence-corrected chi connectivity index (χ4v) is 1.24. The normalized spacial score (nSPS) is 9.88. The number of aromatic nitrogens is 2. The number of carbonyl (C=O) groups is 1. The molecule has 0 saturated heterocycles. The van der Waals surface area contributed by atoms with E-state index in [0.29, 0.717) is 18.2 Å². The molecule has 0 aliphatic heterocycles. The van der Waals surface area contributed by atoms with Gasteiger partial charge < -0.3 is 21.1 Å². The first-order valence-corrected chi connectivity index (χ1v) is 4.78. The smallest absolute Gasteiger partial charge is 0.236 e. The second-order valence-electron chi connectivity index (χ2n) is 3.11. The molecule has 0 fully saturated rings. The van der Waals surface area contributed by atoms with Gasteiger partial charge in [-0.25, -0.2) is 0 Å². The number of ether oxygens (including phenoxy) is 1. The van der Waals surface area contributed by atoms with Crippen molar-refractivity contribution in [2.75, 3.05) is 30.8 Å². The summed E-state index contributed by atoms with van der Waals surface area (Å²) in [6.45, 7) is 2.55. The van der Waals surface area contributed by atoms with Crippen LogP contribution in [0.1, 0.15) is 6.92 Å². The summed E-state index contributed by atoms with van der Waals surface area (Å²) in [4.78, 5) is 20.4. The largest absolute Gasteiger partial charge is 0.481 e. The zero-order valence-corrected chi connectivity index (χ0v) is 9.30. The van der Waals surface area contributed by atoms with E-state index in [1.807, 2.05) is 6.92 Å². The molecule has 0 aromatic carbocycles. The molecular formula is C9H15N5O2. The molecule has 1 aromatic rings. The summed E-state index contributed by atoms with van der Waals surface area (Å²) >= 11 is 0. The third kappa shape index (κ3) is 2.97. The van der Waals surface area contributed by atoms with Gasteiger partial charge in [-0.05, 0) is 6.92 Å². The van der Waals surface area contributed by atoms with E-state index in [2.05, 4.69) is 9.97 Å². The van der Waals surface area contributed by atoms with Crippen LogP contribution in [0.2, 0.25) is 0 Å². The van der Waals surface area contributed by atoms with E-state index in [9.17, 15) is 4.79 Å². The molecule has 0 atom stereocenters. The average molecular weight is 225 g/mol. The fraction of sp³-hybridized carbons (Fsp3) is 0.444. The van der Waals surface area contributed by atoms with Crippen LogP contribution in [0, 0.1) is 0 Å². The molecule has 0 radical (unpaired) electrons. The minimum absolute atomic E-state index is 0.0795. The van der Waals surface area contributed by atoms with Crippen LogP contribution in [0.5, 0.6) is 5.88 Å². The summed E-state index contributed by atoms with van der Waals surface area (Å²) in [5, 5.41) is 0. The van der Waals surface area contributed by atoms with Crippen molar-refractivity contribution in [2.24, 2.45) is 5.73 Å². The number of nitrogen functional groups attached to an aromatic ring is 1. The molecule has 7 heteroatoms. The monoisotopic (exact) mass is 225 g/mol. The van der Waals surface area contributed by atoms with Gasteiger partial charge in [-0.1, -0.05) is 0 Å². The lowest BCUT2D eigenvalue weighted by atomic mass is 10.4. The van der Waals surface area contributed by atoms with E-state index < -0.39 is 5.91 Å². The lowest BCUT2D eigenvalue weighted by molar-refractivity contribution is -0.116. The van der Waals surface area contributed by atoms with Crippen molar-refractivity contribution in [3.8, 4) is 5.88 Å². The van der Waals surface area contributed by atoms with E-state index >= 15 is 0 Å². The molecule has 0 unspecified atom stereocenters. The van der Waals surface area contributed by atoms with E-state index in [-0.39, 0.29) is 12.5 Å². The minimum atomic E-state index is -0.432. The van der Waals surface area contributed by atoms with Gasteiger partial charge in [0.2, 0.25) is 17.7 Å². The van der Waals surface area contributed by atoms with Crippen LogP contribution in [0.25, 0.3) is 0 Å². The number of primary amides is 1. The molecule has 1 heterocycles. The van der Waals surface area contributed by atoms with E-state index in [4.69, 9.17) is 16.2 Å². The molecule has 0 bridgehead atoms. The number of hydrogen-bond donors (Lipinski definition) is 2. The Labute approximate surface area is 93.4 Å². The van der Waals surface area contributed by atoms with Crippen LogP contribution in [0.15, 0.2) is 6.07 Å². The molecule has 1 amide bonds. The Balaban J connectivity index is 2.99. The second-order valence-corrected chi connectivity index (χ2v) is 3.11. The predicted octanol–water partition coefficient (Wildman–Crippen LogP) is -0.621. The van der Waals surface area contributed by atoms with Crippen molar-refractivity contribution in [3.05, 3.63) is 6.07 Å². The van der Waals surface area contributed by atoms with Crippen molar-refractivity contribution >= 4 is 17.7 Å². The first kappa shape index (κ1) is 12.0. The Morgan fingerprint density at radius 2 is 2.25 bits per heavy atom. The molecule has 1 aromatic heterocycles. The van der Waals surface area contributed by atoms with Crippen LogP contribution in [0.4, 0.5) is 11.8 Å². The maximum atomic E-state index is 10.9. The Kier molecular flexibility index (Phi) is 3.87. The number of methoxy groups -OCH3 is 1. The molecule has 4 N–H and O–H groups in total. The van der Waals surface area contributed by atoms with Gasteiger partial charge in [0.05, 0.1) is 13.7 Å². The van der Waals surface area contributed by atoms with E-state index in [1.165, 1.54) is 7.11 Å². The Hall–Kier alpha value is -2.05. The molecule has 0 aliphatic rings. The number of nitrogens with two attached hydrogens (primary N) is 2. The first-order chi connectivity index (χ1) is 7.56. The van der Waals surface area contributed by atoms with Crippen molar-refractivity contribution < 1.29 is 9.53 Å². The lowest BCUT2D eigenvalue weighted by Crippen LogP contribution is -2.34. The number of hydrogen-bond acceptors (Lipinski definition) is 6. The van der Waals surface area contributed by atoms with Crippen LogP contribution < -0.4 is 21.1 Å².